The van der Waals surface area contributed by atoms with Crippen molar-refractivity contribution >= 4 is 17.8 Å². The van der Waals surface area contributed by atoms with E-state index in [-0.39, 0.29) is 24.2 Å². The molecule has 6 nitrogen and oxygen atoms in total. The summed E-state index contributed by atoms with van der Waals surface area (Å²) in [6.45, 7) is 1.02. The molecule has 1 saturated carbocycles. The van der Waals surface area contributed by atoms with Gasteiger partial charge in [0.05, 0.1) is 13.0 Å². The largest absolute Gasteiger partial charge is 0.467 e. The van der Waals surface area contributed by atoms with Gasteiger partial charge >= 0.3 is 5.97 Å². The van der Waals surface area contributed by atoms with E-state index in [1.807, 2.05) is 30.3 Å². The number of hydrogen-bond acceptors (Lipinski definition) is 4. The Bertz CT molecular complexity index is 683. The number of benzene rings is 1. The summed E-state index contributed by atoms with van der Waals surface area (Å²) < 4.78 is 4.96. The fourth-order valence-electron chi connectivity index (χ4n) is 4.14. The predicted octanol–water partition coefficient (Wildman–Crippen LogP) is 2.07. The summed E-state index contributed by atoms with van der Waals surface area (Å²) in [6, 6.07) is 10.00. The molecule has 2 fully saturated rings. The van der Waals surface area contributed by atoms with Crippen LogP contribution in [0.2, 0.25) is 0 Å². The number of carbonyl (C=O) groups excluding carboxylic acids is 3. The van der Waals surface area contributed by atoms with Crippen molar-refractivity contribution in [2.24, 2.45) is 5.92 Å². The average Bonchev–Trinajstić information content (AvgIpc) is 3.08. The van der Waals surface area contributed by atoms with Crippen LogP contribution in [0, 0.1) is 5.92 Å². The number of hydrogen-bond donors (Lipinski definition) is 1. The highest BCUT2D eigenvalue weighted by molar-refractivity contribution is 5.93. The molecule has 1 N–H and O–H groups in total. The van der Waals surface area contributed by atoms with Crippen molar-refractivity contribution in [1.29, 1.82) is 0 Å². The summed E-state index contributed by atoms with van der Waals surface area (Å²) in [7, 11) is 1.36. The Morgan fingerprint density at radius 1 is 1.19 bits per heavy atom. The van der Waals surface area contributed by atoms with Crippen molar-refractivity contribution in [3.8, 4) is 0 Å². The number of rotatable bonds is 6. The Balaban J connectivity index is 1.58. The van der Waals surface area contributed by atoms with E-state index in [0.717, 1.165) is 25.7 Å². The molecule has 1 unspecified atom stereocenters. The highest BCUT2D eigenvalue weighted by Gasteiger charge is 2.44. The molecular weight excluding hydrogens is 344 g/mol. The van der Waals surface area contributed by atoms with Crippen LogP contribution < -0.4 is 5.32 Å². The number of amides is 2. The van der Waals surface area contributed by atoms with Gasteiger partial charge in [0.2, 0.25) is 11.8 Å². The van der Waals surface area contributed by atoms with Crippen molar-refractivity contribution in [1.82, 2.24) is 10.2 Å². The minimum absolute atomic E-state index is 0.00171. The summed E-state index contributed by atoms with van der Waals surface area (Å²) in [4.78, 5) is 39.2. The van der Waals surface area contributed by atoms with Crippen LogP contribution in [-0.4, -0.2) is 48.4 Å². The summed E-state index contributed by atoms with van der Waals surface area (Å²) in [5.74, 6) is -0.989. The third kappa shape index (κ3) is 4.49. The lowest BCUT2D eigenvalue weighted by atomic mass is 9.81. The molecule has 3 rings (SSSR count). The van der Waals surface area contributed by atoms with Gasteiger partial charge in [-0.15, -0.1) is 0 Å². The smallest absolute Gasteiger partial charge is 0.331 e. The molecule has 0 aromatic heterocycles. The molecule has 6 heteroatoms. The maximum Gasteiger partial charge on any atom is 0.331 e. The lowest BCUT2D eigenvalue weighted by molar-refractivity contribution is -0.153. The first-order chi connectivity index (χ1) is 13.0. The van der Waals surface area contributed by atoms with Crippen LogP contribution in [-0.2, 0) is 25.5 Å². The second-order valence-corrected chi connectivity index (χ2v) is 7.60. The molecule has 2 amide bonds. The van der Waals surface area contributed by atoms with E-state index >= 15 is 0 Å². The van der Waals surface area contributed by atoms with Crippen molar-refractivity contribution < 1.29 is 19.1 Å². The fraction of sp³-hybridized carbons (Fsp3) is 0.571. The monoisotopic (exact) mass is 372 g/mol. The molecular formula is C21H28N2O4. The highest BCUT2D eigenvalue weighted by Crippen LogP contribution is 2.30. The summed E-state index contributed by atoms with van der Waals surface area (Å²) in [6.07, 6.45) is 5.02. The third-order valence-electron chi connectivity index (χ3n) is 5.74. The third-order valence-corrected chi connectivity index (χ3v) is 5.74. The summed E-state index contributed by atoms with van der Waals surface area (Å²) in [5, 5.41) is 2.95. The van der Waals surface area contributed by atoms with Gasteiger partial charge in [-0.3, -0.25) is 9.59 Å². The van der Waals surface area contributed by atoms with Crippen molar-refractivity contribution in [3.63, 3.8) is 0 Å². The molecule has 0 radical (unpaired) electrons. The second kappa shape index (κ2) is 8.55. The second-order valence-electron chi connectivity index (χ2n) is 7.60. The maximum absolute atomic E-state index is 12.8. The first-order valence-corrected chi connectivity index (χ1v) is 9.76. The first kappa shape index (κ1) is 19.4. The number of carbonyl (C=O) groups is 3. The molecule has 27 heavy (non-hydrogen) atoms. The van der Waals surface area contributed by atoms with Gasteiger partial charge in [-0.2, -0.15) is 0 Å². The van der Waals surface area contributed by atoms with Gasteiger partial charge in [-0.25, -0.2) is 4.79 Å². The Labute approximate surface area is 160 Å². The standard InChI is InChI=1S/C21H28N2O4/c1-27-20(26)21(11-6-3-7-12-21)22-19(25)17-14-18(24)23(15-17)13-10-16-8-4-2-5-9-16/h2,4-5,8-9,17H,3,6-7,10-15H2,1H3,(H,22,25). The van der Waals surface area contributed by atoms with E-state index in [1.165, 1.54) is 12.7 Å². The molecule has 1 heterocycles. The molecule has 0 bridgehead atoms. The summed E-state index contributed by atoms with van der Waals surface area (Å²) >= 11 is 0. The molecule has 146 valence electrons. The minimum Gasteiger partial charge on any atom is -0.467 e. The Kier molecular flexibility index (Phi) is 6.14. The molecule has 1 aromatic rings. The Morgan fingerprint density at radius 3 is 2.56 bits per heavy atom. The summed E-state index contributed by atoms with van der Waals surface area (Å²) in [5.41, 5.74) is 0.245. The maximum atomic E-state index is 12.8. The number of likely N-dealkylation sites (tertiary alicyclic amines) is 1. The number of nitrogens with one attached hydrogen (secondary N) is 1. The number of methoxy groups -OCH3 is 1. The van der Waals surface area contributed by atoms with Gasteiger partial charge in [0.25, 0.3) is 0 Å². The zero-order chi connectivity index (χ0) is 19.3. The van der Waals surface area contributed by atoms with E-state index in [0.29, 0.717) is 25.9 Å². The minimum atomic E-state index is -0.926. The van der Waals surface area contributed by atoms with E-state index < -0.39 is 11.5 Å². The topological polar surface area (TPSA) is 75.7 Å². The predicted molar refractivity (Wildman–Crippen MR) is 101 cm³/mol. The van der Waals surface area contributed by atoms with Gasteiger partial charge in [0, 0.05) is 19.5 Å². The van der Waals surface area contributed by atoms with Crippen LogP contribution in [0.5, 0.6) is 0 Å². The zero-order valence-corrected chi connectivity index (χ0v) is 15.9. The van der Waals surface area contributed by atoms with Gasteiger partial charge in [0.15, 0.2) is 0 Å². The zero-order valence-electron chi connectivity index (χ0n) is 15.9. The fourth-order valence-corrected chi connectivity index (χ4v) is 4.14. The molecule has 1 saturated heterocycles. The SMILES string of the molecule is COC(=O)C1(NC(=O)C2CC(=O)N(CCc3ccccc3)C2)CCCCC1. The van der Waals surface area contributed by atoms with Gasteiger partial charge in [0.1, 0.15) is 5.54 Å². The van der Waals surface area contributed by atoms with Gasteiger partial charge < -0.3 is 15.0 Å². The first-order valence-electron chi connectivity index (χ1n) is 9.76. The average molecular weight is 372 g/mol. The molecule has 1 aliphatic carbocycles. The van der Waals surface area contributed by atoms with Crippen molar-refractivity contribution in [3.05, 3.63) is 35.9 Å². The highest BCUT2D eigenvalue weighted by atomic mass is 16.5. The van der Waals surface area contributed by atoms with Crippen LogP contribution >= 0.6 is 0 Å². The lowest BCUT2D eigenvalue weighted by Gasteiger charge is -2.35. The van der Waals surface area contributed by atoms with Crippen LogP contribution in [0.3, 0.4) is 0 Å². The van der Waals surface area contributed by atoms with E-state index in [1.54, 1.807) is 4.90 Å². The van der Waals surface area contributed by atoms with Crippen LogP contribution in [0.15, 0.2) is 30.3 Å². The van der Waals surface area contributed by atoms with E-state index in [2.05, 4.69) is 5.32 Å². The molecule has 1 aromatic carbocycles. The lowest BCUT2D eigenvalue weighted by Crippen LogP contribution is -2.57. The van der Waals surface area contributed by atoms with Gasteiger partial charge in [-0.1, -0.05) is 49.6 Å². The van der Waals surface area contributed by atoms with Crippen molar-refractivity contribution in [2.45, 2.75) is 50.5 Å². The van der Waals surface area contributed by atoms with Gasteiger partial charge in [-0.05, 0) is 24.8 Å². The Morgan fingerprint density at radius 2 is 1.89 bits per heavy atom. The van der Waals surface area contributed by atoms with Crippen molar-refractivity contribution in [2.75, 3.05) is 20.2 Å². The van der Waals surface area contributed by atoms with E-state index in [9.17, 15) is 14.4 Å². The molecule has 0 spiro atoms. The van der Waals surface area contributed by atoms with Crippen LogP contribution in [0.4, 0.5) is 0 Å². The number of esters is 1. The number of ether oxygens (including phenoxy) is 1. The normalized spacial score (nSPS) is 21.7. The van der Waals surface area contributed by atoms with Crippen LogP contribution in [0.25, 0.3) is 0 Å². The van der Waals surface area contributed by atoms with Crippen LogP contribution in [0.1, 0.15) is 44.1 Å². The Hall–Kier alpha value is -2.37. The molecule has 1 aliphatic heterocycles. The number of nitrogens with zero attached hydrogens (tertiary/aromatic N) is 1. The van der Waals surface area contributed by atoms with E-state index in [4.69, 9.17) is 4.74 Å². The molecule has 2 aliphatic rings. The quantitative estimate of drug-likeness (QED) is 0.776. The molecule has 1 atom stereocenters.